The van der Waals surface area contributed by atoms with E-state index in [9.17, 15) is 19.8 Å². The molecule has 0 aromatic heterocycles. The summed E-state index contributed by atoms with van der Waals surface area (Å²) in [5, 5.41) is 25.2. The first kappa shape index (κ1) is 34.1. The number of aliphatic hydroxyl groups is 2. The van der Waals surface area contributed by atoms with Crippen molar-refractivity contribution < 1.29 is 19.8 Å². The van der Waals surface area contributed by atoms with Crippen molar-refractivity contribution in [3.8, 4) is 0 Å². The van der Waals surface area contributed by atoms with Crippen LogP contribution in [0.5, 0.6) is 0 Å². The van der Waals surface area contributed by atoms with Crippen molar-refractivity contribution in [1.29, 1.82) is 0 Å². The van der Waals surface area contributed by atoms with E-state index in [1.165, 1.54) is 12.8 Å². The van der Waals surface area contributed by atoms with Gasteiger partial charge in [0.05, 0.1) is 12.2 Å². The average Bonchev–Trinajstić information content (AvgIpc) is 2.93. The van der Waals surface area contributed by atoms with Crippen LogP contribution in [0.2, 0.25) is 0 Å². The lowest BCUT2D eigenvalue weighted by atomic mass is 10.1. The molecule has 1 aromatic carbocycles. The summed E-state index contributed by atoms with van der Waals surface area (Å²) >= 11 is 0. The van der Waals surface area contributed by atoms with Gasteiger partial charge in [-0.05, 0) is 49.7 Å². The monoisotopic (exact) mass is 532 g/mol. The second-order valence-electron chi connectivity index (χ2n) is 10.8. The zero-order chi connectivity index (χ0) is 27.8. The summed E-state index contributed by atoms with van der Waals surface area (Å²) in [5.41, 5.74) is 2.09. The first-order valence-electron chi connectivity index (χ1n) is 15.4. The van der Waals surface area contributed by atoms with Crippen LogP contribution in [-0.4, -0.2) is 34.2 Å². The summed E-state index contributed by atoms with van der Waals surface area (Å²) in [4.78, 5) is 24.4. The molecule has 0 heterocycles. The zero-order valence-electron chi connectivity index (χ0n) is 24.3. The van der Waals surface area contributed by atoms with E-state index >= 15 is 0 Å². The van der Waals surface area contributed by atoms with Crippen molar-refractivity contribution in [3.63, 3.8) is 0 Å². The molecule has 0 aliphatic heterocycles. The van der Waals surface area contributed by atoms with Crippen molar-refractivity contribution >= 4 is 11.8 Å². The maximum atomic E-state index is 12.2. The molecule has 0 saturated heterocycles. The van der Waals surface area contributed by atoms with E-state index in [0.29, 0.717) is 25.9 Å². The standard InChI is InChI=1S/C32H56N2O4/c1-3-29(35)20-13-9-5-7-11-15-22-31(37)33-25-27-18-17-19-28(24-27)26-34-32(38)23-16-12-8-6-10-14-21-30(36)4-2/h17-19,24,29-30,35-36H,3-16,20-23,25-26H2,1-2H3,(H,33,37)(H,34,38). The Bertz CT molecular complexity index is 683. The van der Waals surface area contributed by atoms with Gasteiger partial charge in [0.25, 0.3) is 0 Å². The SMILES string of the molecule is CCC(O)CCCCCCCCC(=O)NCc1cccc(CNC(=O)CCCCCCCCC(O)CC)c1. The van der Waals surface area contributed by atoms with Gasteiger partial charge in [0, 0.05) is 25.9 Å². The van der Waals surface area contributed by atoms with E-state index in [1.807, 2.05) is 38.1 Å². The molecule has 1 rings (SSSR count). The molecule has 0 fully saturated rings. The summed E-state index contributed by atoms with van der Waals surface area (Å²) in [7, 11) is 0. The van der Waals surface area contributed by atoms with E-state index in [1.54, 1.807) is 0 Å². The predicted octanol–water partition coefficient (Wildman–Crippen LogP) is 6.70. The quantitative estimate of drug-likeness (QED) is 0.111. The van der Waals surface area contributed by atoms with Crippen LogP contribution < -0.4 is 10.6 Å². The summed E-state index contributed by atoms with van der Waals surface area (Å²) in [5.74, 6) is 0.182. The van der Waals surface area contributed by atoms with Crippen LogP contribution in [-0.2, 0) is 22.7 Å². The number of carbonyl (C=O) groups excluding carboxylic acids is 2. The van der Waals surface area contributed by atoms with Gasteiger partial charge in [-0.15, -0.1) is 0 Å². The molecule has 2 atom stereocenters. The molecule has 0 bridgehead atoms. The Morgan fingerprint density at radius 2 is 1.00 bits per heavy atom. The highest BCUT2D eigenvalue weighted by molar-refractivity contribution is 5.76. The lowest BCUT2D eigenvalue weighted by molar-refractivity contribution is -0.122. The Labute approximate surface area is 232 Å². The smallest absolute Gasteiger partial charge is 0.220 e. The Hall–Kier alpha value is -1.92. The second kappa shape index (κ2) is 23.0. The van der Waals surface area contributed by atoms with Gasteiger partial charge in [-0.1, -0.05) is 102 Å². The number of carbonyl (C=O) groups is 2. The fourth-order valence-corrected chi connectivity index (χ4v) is 4.58. The van der Waals surface area contributed by atoms with Crippen molar-refractivity contribution in [1.82, 2.24) is 10.6 Å². The van der Waals surface area contributed by atoms with Crippen molar-refractivity contribution in [2.75, 3.05) is 0 Å². The lowest BCUT2D eigenvalue weighted by Crippen LogP contribution is -2.23. The molecule has 0 aliphatic carbocycles. The molecule has 0 saturated carbocycles. The van der Waals surface area contributed by atoms with Gasteiger partial charge in [0.2, 0.25) is 11.8 Å². The number of benzene rings is 1. The van der Waals surface area contributed by atoms with Gasteiger partial charge in [-0.2, -0.15) is 0 Å². The van der Waals surface area contributed by atoms with E-state index in [2.05, 4.69) is 10.6 Å². The molecule has 38 heavy (non-hydrogen) atoms. The third kappa shape index (κ3) is 19.2. The molecule has 6 nitrogen and oxygen atoms in total. The molecule has 2 amide bonds. The van der Waals surface area contributed by atoms with Crippen LogP contribution in [0.4, 0.5) is 0 Å². The molecule has 0 radical (unpaired) electrons. The number of hydrogen-bond donors (Lipinski definition) is 4. The first-order valence-corrected chi connectivity index (χ1v) is 15.4. The van der Waals surface area contributed by atoms with Gasteiger partial charge < -0.3 is 20.8 Å². The topological polar surface area (TPSA) is 98.7 Å². The molecule has 6 heteroatoms. The molecule has 218 valence electrons. The minimum Gasteiger partial charge on any atom is -0.393 e. The number of hydrogen-bond acceptors (Lipinski definition) is 4. The fraction of sp³-hybridized carbons (Fsp3) is 0.750. The first-order chi connectivity index (χ1) is 18.4. The Balaban J connectivity index is 2.08. The third-order valence-electron chi connectivity index (χ3n) is 7.30. The fourth-order valence-electron chi connectivity index (χ4n) is 4.58. The molecular weight excluding hydrogens is 476 g/mol. The largest absolute Gasteiger partial charge is 0.393 e. The van der Waals surface area contributed by atoms with Crippen molar-refractivity contribution in [2.45, 2.75) is 155 Å². The molecule has 0 spiro atoms. The van der Waals surface area contributed by atoms with Gasteiger partial charge in [-0.25, -0.2) is 0 Å². The van der Waals surface area contributed by atoms with E-state index in [0.717, 1.165) is 101 Å². The summed E-state index contributed by atoms with van der Waals surface area (Å²) in [6.45, 7) is 5.06. The normalized spacial score (nSPS) is 12.7. The summed E-state index contributed by atoms with van der Waals surface area (Å²) < 4.78 is 0. The number of aliphatic hydroxyl groups excluding tert-OH is 2. The summed E-state index contributed by atoms with van der Waals surface area (Å²) in [6, 6.07) is 8.03. The van der Waals surface area contributed by atoms with Crippen LogP contribution in [0.1, 0.15) is 141 Å². The number of unbranched alkanes of at least 4 members (excludes halogenated alkanes) is 10. The Morgan fingerprint density at radius 1 is 0.632 bits per heavy atom. The van der Waals surface area contributed by atoms with E-state index in [4.69, 9.17) is 0 Å². The molecule has 0 aliphatic rings. The summed E-state index contributed by atoms with van der Waals surface area (Å²) in [6.07, 6.45) is 17.4. The van der Waals surface area contributed by atoms with Gasteiger partial charge in [0.15, 0.2) is 0 Å². The van der Waals surface area contributed by atoms with Gasteiger partial charge in [0.1, 0.15) is 0 Å². The minimum absolute atomic E-state index is 0.0910. The second-order valence-corrected chi connectivity index (χ2v) is 10.8. The van der Waals surface area contributed by atoms with Crippen LogP contribution in [0.15, 0.2) is 24.3 Å². The average molecular weight is 533 g/mol. The lowest BCUT2D eigenvalue weighted by Gasteiger charge is -2.09. The Morgan fingerprint density at radius 3 is 1.39 bits per heavy atom. The van der Waals surface area contributed by atoms with Crippen molar-refractivity contribution in [2.24, 2.45) is 0 Å². The molecule has 2 unspecified atom stereocenters. The Kier molecular flexibility index (Phi) is 20.7. The number of amides is 2. The minimum atomic E-state index is -0.147. The van der Waals surface area contributed by atoms with Crippen LogP contribution in [0.3, 0.4) is 0 Å². The maximum absolute atomic E-state index is 12.2. The van der Waals surface area contributed by atoms with Crippen molar-refractivity contribution in [3.05, 3.63) is 35.4 Å². The highest BCUT2D eigenvalue weighted by Gasteiger charge is 2.05. The van der Waals surface area contributed by atoms with Crippen LogP contribution >= 0.6 is 0 Å². The van der Waals surface area contributed by atoms with E-state index < -0.39 is 0 Å². The van der Waals surface area contributed by atoms with Gasteiger partial charge in [-0.3, -0.25) is 9.59 Å². The predicted molar refractivity (Wildman–Crippen MR) is 157 cm³/mol. The third-order valence-corrected chi connectivity index (χ3v) is 7.30. The number of nitrogens with one attached hydrogen (secondary N) is 2. The van der Waals surface area contributed by atoms with Crippen LogP contribution in [0, 0.1) is 0 Å². The highest BCUT2D eigenvalue weighted by Crippen LogP contribution is 2.12. The molecule has 4 N–H and O–H groups in total. The highest BCUT2D eigenvalue weighted by atomic mass is 16.3. The van der Waals surface area contributed by atoms with E-state index in [-0.39, 0.29) is 24.0 Å². The zero-order valence-corrected chi connectivity index (χ0v) is 24.3. The molecule has 1 aromatic rings. The van der Waals surface area contributed by atoms with Crippen LogP contribution in [0.25, 0.3) is 0 Å². The number of rotatable bonds is 24. The molecular formula is C32H56N2O4. The maximum Gasteiger partial charge on any atom is 0.220 e. The van der Waals surface area contributed by atoms with Gasteiger partial charge >= 0.3 is 0 Å².